The van der Waals surface area contributed by atoms with Crippen LogP contribution in [0.4, 0.5) is 0 Å². The van der Waals surface area contributed by atoms with Gasteiger partial charge in [0, 0.05) is 16.0 Å². The third-order valence-corrected chi connectivity index (χ3v) is 5.30. The van der Waals surface area contributed by atoms with Crippen LogP contribution in [0.25, 0.3) is 0 Å². The molecule has 126 valence electrons. The topological polar surface area (TPSA) is 55.8 Å². The first-order chi connectivity index (χ1) is 11.1. The molecule has 2 fully saturated rings. The standard InChI is InChI=1S/C18H23BrO4/c1-22-16-9-12(19)8-15(14(10-17(20)21)11-6-7-11)18(16)23-13-4-2-3-5-13/h8-9,11,13-14H,2-7,10H2,1H3,(H,20,21). The van der Waals surface area contributed by atoms with Crippen LogP contribution in [0.15, 0.2) is 16.6 Å². The van der Waals surface area contributed by atoms with Crippen LogP contribution in [-0.4, -0.2) is 24.3 Å². The molecule has 23 heavy (non-hydrogen) atoms. The lowest BCUT2D eigenvalue weighted by atomic mass is 9.90. The highest BCUT2D eigenvalue weighted by Crippen LogP contribution is 2.50. The molecule has 0 aromatic heterocycles. The van der Waals surface area contributed by atoms with Gasteiger partial charge in [0.25, 0.3) is 0 Å². The Hall–Kier alpha value is -1.23. The van der Waals surface area contributed by atoms with Crippen LogP contribution in [-0.2, 0) is 4.79 Å². The Morgan fingerprint density at radius 1 is 1.30 bits per heavy atom. The van der Waals surface area contributed by atoms with E-state index in [1.54, 1.807) is 7.11 Å². The van der Waals surface area contributed by atoms with E-state index < -0.39 is 5.97 Å². The van der Waals surface area contributed by atoms with Gasteiger partial charge in [-0.05, 0) is 56.6 Å². The predicted molar refractivity (Wildman–Crippen MR) is 91.3 cm³/mol. The second-order valence-corrected chi connectivity index (χ2v) is 7.51. The zero-order chi connectivity index (χ0) is 16.4. The van der Waals surface area contributed by atoms with Crippen molar-refractivity contribution in [2.75, 3.05) is 7.11 Å². The predicted octanol–water partition coefficient (Wildman–Crippen LogP) is 4.75. The molecule has 2 aliphatic carbocycles. The van der Waals surface area contributed by atoms with Gasteiger partial charge in [0.1, 0.15) is 0 Å². The molecule has 1 unspecified atom stereocenters. The summed E-state index contributed by atoms with van der Waals surface area (Å²) in [5.41, 5.74) is 0.980. The van der Waals surface area contributed by atoms with Crippen LogP contribution in [0.5, 0.6) is 11.5 Å². The van der Waals surface area contributed by atoms with E-state index in [2.05, 4.69) is 15.9 Å². The Bertz CT molecular complexity index is 577. The van der Waals surface area contributed by atoms with Gasteiger partial charge in [-0.3, -0.25) is 4.79 Å². The molecule has 0 saturated heterocycles. The van der Waals surface area contributed by atoms with E-state index in [4.69, 9.17) is 9.47 Å². The van der Waals surface area contributed by atoms with Gasteiger partial charge in [0.15, 0.2) is 11.5 Å². The SMILES string of the molecule is COc1cc(Br)cc(C(CC(=O)O)C2CC2)c1OC1CCCC1. The van der Waals surface area contributed by atoms with E-state index in [1.165, 1.54) is 12.8 Å². The summed E-state index contributed by atoms with van der Waals surface area (Å²) in [6, 6.07) is 3.91. The minimum Gasteiger partial charge on any atom is -0.493 e. The van der Waals surface area contributed by atoms with E-state index in [0.717, 1.165) is 41.5 Å². The fourth-order valence-corrected chi connectivity index (χ4v) is 3.99. The molecule has 0 spiro atoms. The number of halogens is 1. The van der Waals surface area contributed by atoms with E-state index in [0.29, 0.717) is 11.7 Å². The highest BCUT2D eigenvalue weighted by molar-refractivity contribution is 9.10. The average Bonchev–Trinajstić information content (AvgIpc) is 3.23. The fraction of sp³-hybridized carbons (Fsp3) is 0.611. The van der Waals surface area contributed by atoms with Gasteiger partial charge >= 0.3 is 5.97 Å². The molecule has 1 aromatic carbocycles. The summed E-state index contributed by atoms with van der Waals surface area (Å²) in [4.78, 5) is 11.3. The summed E-state index contributed by atoms with van der Waals surface area (Å²) < 4.78 is 12.7. The zero-order valence-corrected chi connectivity index (χ0v) is 15.0. The Morgan fingerprint density at radius 3 is 2.57 bits per heavy atom. The molecule has 0 amide bonds. The van der Waals surface area contributed by atoms with Crippen LogP contribution in [0.2, 0.25) is 0 Å². The largest absolute Gasteiger partial charge is 0.493 e. The molecule has 0 aliphatic heterocycles. The third kappa shape index (κ3) is 4.00. The number of ether oxygens (including phenoxy) is 2. The average molecular weight is 383 g/mol. The first-order valence-corrected chi connectivity index (χ1v) is 9.13. The Morgan fingerprint density at radius 2 is 2.00 bits per heavy atom. The number of rotatable bonds is 7. The van der Waals surface area contributed by atoms with E-state index >= 15 is 0 Å². The minimum absolute atomic E-state index is 0.00435. The summed E-state index contributed by atoms with van der Waals surface area (Å²) in [6.45, 7) is 0. The van der Waals surface area contributed by atoms with Crippen molar-refractivity contribution in [2.45, 2.75) is 57.0 Å². The van der Waals surface area contributed by atoms with Gasteiger partial charge < -0.3 is 14.6 Å². The number of hydrogen-bond donors (Lipinski definition) is 1. The molecule has 5 heteroatoms. The Kier molecular flexibility index (Phi) is 5.14. The second kappa shape index (κ2) is 7.12. The quantitative estimate of drug-likeness (QED) is 0.739. The maximum absolute atomic E-state index is 11.3. The number of carboxylic acids is 1. The molecule has 2 aliphatic rings. The molecule has 1 aromatic rings. The van der Waals surface area contributed by atoms with Crippen molar-refractivity contribution in [3.63, 3.8) is 0 Å². The first kappa shape index (κ1) is 16.6. The highest BCUT2D eigenvalue weighted by atomic mass is 79.9. The lowest BCUT2D eigenvalue weighted by Gasteiger charge is -2.24. The van der Waals surface area contributed by atoms with Crippen LogP contribution in [0.1, 0.15) is 56.4 Å². The number of hydrogen-bond acceptors (Lipinski definition) is 3. The molecular formula is C18H23BrO4. The van der Waals surface area contributed by atoms with Crippen molar-refractivity contribution < 1.29 is 19.4 Å². The van der Waals surface area contributed by atoms with Crippen molar-refractivity contribution in [3.05, 3.63) is 22.2 Å². The summed E-state index contributed by atoms with van der Waals surface area (Å²) in [5, 5.41) is 9.31. The minimum atomic E-state index is -0.757. The van der Waals surface area contributed by atoms with Crippen molar-refractivity contribution in [3.8, 4) is 11.5 Å². The summed E-state index contributed by atoms with van der Waals surface area (Å²) in [6.07, 6.45) is 7.06. The lowest BCUT2D eigenvalue weighted by molar-refractivity contribution is -0.137. The molecule has 1 N–H and O–H groups in total. The molecule has 0 radical (unpaired) electrons. The van der Waals surface area contributed by atoms with E-state index in [1.807, 2.05) is 12.1 Å². The summed E-state index contributed by atoms with van der Waals surface area (Å²) in [7, 11) is 1.64. The van der Waals surface area contributed by atoms with Gasteiger partial charge in [-0.2, -0.15) is 0 Å². The second-order valence-electron chi connectivity index (χ2n) is 6.59. The monoisotopic (exact) mass is 382 g/mol. The third-order valence-electron chi connectivity index (χ3n) is 4.84. The molecule has 3 rings (SSSR count). The van der Waals surface area contributed by atoms with Crippen LogP contribution in [0.3, 0.4) is 0 Å². The molecule has 2 saturated carbocycles. The van der Waals surface area contributed by atoms with Gasteiger partial charge in [-0.25, -0.2) is 0 Å². The first-order valence-electron chi connectivity index (χ1n) is 8.34. The van der Waals surface area contributed by atoms with E-state index in [-0.39, 0.29) is 18.4 Å². The summed E-state index contributed by atoms with van der Waals surface area (Å²) >= 11 is 3.52. The Labute approximate surface area is 145 Å². The van der Waals surface area contributed by atoms with E-state index in [9.17, 15) is 9.90 Å². The molecule has 0 heterocycles. The maximum Gasteiger partial charge on any atom is 0.303 e. The number of methoxy groups -OCH3 is 1. The zero-order valence-electron chi connectivity index (χ0n) is 13.4. The van der Waals surface area contributed by atoms with Gasteiger partial charge in [-0.15, -0.1) is 0 Å². The highest BCUT2D eigenvalue weighted by Gasteiger charge is 2.37. The normalized spacial score (nSPS) is 19.6. The van der Waals surface area contributed by atoms with Crippen LogP contribution in [0, 0.1) is 5.92 Å². The molecular weight excluding hydrogens is 360 g/mol. The van der Waals surface area contributed by atoms with Crippen molar-refractivity contribution in [2.24, 2.45) is 5.92 Å². The van der Waals surface area contributed by atoms with Crippen molar-refractivity contribution >= 4 is 21.9 Å². The lowest BCUT2D eigenvalue weighted by Crippen LogP contribution is -2.16. The molecule has 0 bridgehead atoms. The van der Waals surface area contributed by atoms with Gasteiger partial charge in [-0.1, -0.05) is 15.9 Å². The van der Waals surface area contributed by atoms with Crippen molar-refractivity contribution in [1.29, 1.82) is 0 Å². The van der Waals surface area contributed by atoms with Crippen LogP contribution >= 0.6 is 15.9 Å². The van der Waals surface area contributed by atoms with Gasteiger partial charge in [0.2, 0.25) is 0 Å². The van der Waals surface area contributed by atoms with Crippen LogP contribution < -0.4 is 9.47 Å². The number of benzene rings is 1. The number of carboxylic acid groups (broad SMARTS) is 1. The van der Waals surface area contributed by atoms with Gasteiger partial charge in [0.05, 0.1) is 19.6 Å². The Balaban J connectivity index is 1.97. The molecule has 1 atom stereocenters. The summed E-state index contributed by atoms with van der Waals surface area (Å²) in [5.74, 6) is 1.12. The molecule has 4 nitrogen and oxygen atoms in total. The fourth-order valence-electron chi connectivity index (χ4n) is 3.53. The number of aliphatic carboxylic acids is 1. The van der Waals surface area contributed by atoms with Crippen molar-refractivity contribution in [1.82, 2.24) is 0 Å². The maximum atomic E-state index is 11.3. The number of carbonyl (C=O) groups is 1. The smallest absolute Gasteiger partial charge is 0.303 e.